The SMILES string of the molecule is C=CC(=O)Nc1cccc(Nc2nc(Nc3cncc(OC)c3)ncc2C(=O)Nc2ccccc2)c1. The van der Waals surface area contributed by atoms with Crippen molar-refractivity contribution in [1.29, 1.82) is 0 Å². The van der Waals surface area contributed by atoms with Gasteiger partial charge in [0.2, 0.25) is 11.9 Å². The summed E-state index contributed by atoms with van der Waals surface area (Å²) in [4.78, 5) is 37.7. The highest BCUT2D eigenvalue weighted by molar-refractivity contribution is 6.07. The molecule has 4 rings (SSSR count). The van der Waals surface area contributed by atoms with Crippen molar-refractivity contribution in [2.24, 2.45) is 0 Å². The Bertz CT molecular complexity index is 1390. The van der Waals surface area contributed by atoms with Crippen molar-refractivity contribution in [1.82, 2.24) is 15.0 Å². The van der Waals surface area contributed by atoms with Gasteiger partial charge in [0.05, 0.1) is 25.2 Å². The fourth-order valence-electron chi connectivity index (χ4n) is 3.16. The number of benzene rings is 2. The van der Waals surface area contributed by atoms with Crippen molar-refractivity contribution in [3.8, 4) is 5.75 Å². The molecule has 0 spiro atoms. The molecule has 0 bridgehead atoms. The highest BCUT2D eigenvalue weighted by atomic mass is 16.5. The lowest BCUT2D eigenvalue weighted by Gasteiger charge is -2.14. The van der Waals surface area contributed by atoms with E-state index in [2.05, 4.69) is 42.8 Å². The fourth-order valence-corrected chi connectivity index (χ4v) is 3.16. The summed E-state index contributed by atoms with van der Waals surface area (Å²) >= 11 is 0. The Kier molecular flexibility index (Phi) is 7.47. The number of aromatic nitrogens is 3. The third-order valence-electron chi connectivity index (χ3n) is 4.85. The lowest BCUT2D eigenvalue weighted by atomic mass is 10.2. The van der Waals surface area contributed by atoms with Crippen molar-refractivity contribution < 1.29 is 14.3 Å². The minimum Gasteiger partial charge on any atom is -0.495 e. The Morgan fingerprint density at radius 2 is 1.64 bits per heavy atom. The van der Waals surface area contributed by atoms with Crippen LogP contribution in [0.15, 0.2) is 91.9 Å². The Morgan fingerprint density at radius 1 is 0.861 bits per heavy atom. The average molecular weight is 482 g/mol. The van der Waals surface area contributed by atoms with E-state index in [-0.39, 0.29) is 23.2 Å². The van der Waals surface area contributed by atoms with Crippen LogP contribution in [0.1, 0.15) is 10.4 Å². The van der Waals surface area contributed by atoms with Gasteiger partial charge >= 0.3 is 0 Å². The van der Waals surface area contributed by atoms with Crippen LogP contribution in [0.3, 0.4) is 0 Å². The van der Waals surface area contributed by atoms with E-state index in [0.717, 1.165) is 0 Å². The fraction of sp³-hybridized carbons (Fsp3) is 0.0385. The average Bonchev–Trinajstić information content (AvgIpc) is 2.89. The van der Waals surface area contributed by atoms with Crippen molar-refractivity contribution in [3.05, 3.63) is 97.5 Å². The number of nitrogens with zero attached hydrogens (tertiary/aromatic N) is 3. The van der Waals surface area contributed by atoms with Gasteiger partial charge in [-0.2, -0.15) is 4.98 Å². The number of methoxy groups -OCH3 is 1. The first-order valence-corrected chi connectivity index (χ1v) is 10.8. The van der Waals surface area contributed by atoms with E-state index in [4.69, 9.17) is 4.74 Å². The number of ether oxygens (including phenoxy) is 1. The van der Waals surface area contributed by atoms with Gasteiger partial charge < -0.3 is 26.0 Å². The highest BCUT2D eigenvalue weighted by Gasteiger charge is 2.16. The maximum Gasteiger partial charge on any atom is 0.261 e. The van der Waals surface area contributed by atoms with E-state index in [1.165, 1.54) is 12.3 Å². The van der Waals surface area contributed by atoms with E-state index >= 15 is 0 Å². The minimum absolute atomic E-state index is 0.216. The van der Waals surface area contributed by atoms with Gasteiger partial charge in [-0.3, -0.25) is 14.6 Å². The molecule has 0 aliphatic rings. The molecular formula is C26H23N7O3. The quantitative estimate of drug-likeness (QED) is 0.252. The first kappa shape index (κ1) is 23.9. The number of carbonyl (C=O) groups excluding carboxylic acids is 2. The van der Waals surface area contributed by atoms with Crippen LogP contribution in [0.2, 0.25) is 0 Å². The zero-order chi connectivity index (χ0) is 25.3. The Hall–Kier alpha value is -5.25. The second-order valence-electron chi connectivity index (χ2n) is 7.41. The molecule has 4 N–H and O–H groups in total. The molecule has 4 aromatic rings. The highest BCUT2D eigenvalue weighted by Crippen LogP contribution is 2.25. The van der Waals surface area contributed by atoms with Gasteiger partial charge in [0.1, 0.15) is 17.1 Å². The summed E-state index contributed by atoms with van der Waals surface area (Å²) in [6.07, 6.45) is 5.78. The predicted molar refractivity (Wildman–Crippen MR) is 139 cm³/mol. The summed E-state index contributed by atoms with van der Waals surface area (Å²) in [6, 6.07) is 17.8. The summed E-state index contributed by atoms with van der Waals surface area (Å²) < 4.78 is 5.20. The predicted octanol–water partition coefficient (Wildman–Crippen LogP) is 4.74. The molecule has 0 fully saturated rings. The molecule has 0 aliphatic heterocycles. The van der Waals surface area contributed by atoms with Gasteiger partial charge in [0.25, 0.3) is 5.91 Å². The minimum atomic E-state index is -0.394. The molecule has 0 saturated heterocycles. The van der Waals surface area contributed by atoms with Crippen LogP contribution in [0.5, 0.6) is 5.75 Å². The monoisotopic (exact) mass is 481 g/mol. The molecule has 2 amide bonds. The molecular weight excluding hydrogens is 458 g/mol. The van der Waals surface area contributed by atoms with Crippen LogP contribution in [0.25, 0.3) is 0 Å². The first-order chi connectivity index (χ1) is 17.5. The number of para-hydroxylation sites is 1. The van der Waals surface area contributed by atoms with Crippen molar-refractivity contribution in [2.45, 2.75) is 0 Å². The normalized spacial score (nSPS) is 10.1. The number of anilines is 6. The van der Waals surface area contributed by atoms with Gasteiger partial charge in [0, 0.05) is 29.3 Å². The zero-order valence-electron chi connectivity index (χ0n) is 19.4. The molecule has 10 nitrogen and oxygen atoms in total. The molecule has 0 saturated carbocycles. The molecule has 0 atom stereocenters. The molecule has 0 aliphatic carbocycles. The molecule has 0 radical (unpaired) electrons. The molecule has 36 heavy (non-hydrogen) atoms. The number of nitrogens with one attached hydrogen (secondary N) is 4. The van der Waals surface area contributed by atoms with Gasteiger partial charge in [-0.05, 0) is 36.4 Å². The van der Waals surface area contributed by atoms with Crippen LogP contribution >= 0.6 is 0 Å². The van der Waals surface area contributed by atoms with Crippen LogP contribution in [0.4, 0.5) is 34.5 Å². The molecule has 2 aromatic heterocycles. The number of hydrogen-bond donors (Lipinski definition) is 4. The van der Waals surface area contributed by atoms with E-state index in [0.29, 0.717) is 28.5 Å². The number of pyridine rings is 1. The van der Waals surface area contributed by atoms with Crippen LogP contribution in [-0.2, 0) is 4.79 Å². The summed E-state index contributed by atoms with van der Waals surface area (Å²) in [6.45, 7) is 3.46. The van der Waals surface area contributed by atoms with Crippen LogP contribution in [0, 0.1) is 0 Å². The lowest BCUT2D eigenvalue weighted by Crippen LogP contribution is -2.16. The number of carbonyl (C=O) groups is 2. The largest absolute Gasteiger partial charge is 0.495 e. The second-order valence-corrected chi connectivity index (χ2v) is 7.41. The summed E-state index contributed by atoms with van der Waals surface area (Å²) in [7, 11) is 1.55. The first-order valence-electron chi connectivity index (χ1n) is 10.8. The lowest BCUT2D eigenvalue weighted by molar-refractivity contribution is -0.111. The van der Waals surface area contributed by atoms with E-state index in [9.17, 15) is 9.59 Å². The van der Waals surface area contributed by atoms with E-state index in [1.807, 2.05) is 18.2 Å². The molecule has 180 valence electrons. The molecule has 2 heterocycles. The van der Waals surface area contributed by atoms with Crippen molar-refractivity contribution in [2.75, 3.05) is 28.4 Å². The molecule has 0 unspecified atom stereocenters. The number of rotatable bonds is 9. The Labute approximate surface area is 207 Å². The summed E-state index contributed by atoms with van der Waals surface area (Å²) in [5.41, 5.74) is 2.60. The van der Waals surface area contributed by atoms with Gasteiger partial charge in [0.15, 0.2) is 0 Å². The Balaban J connectivity index is 1.65. The third kappa shape index (κ3) is 6.20. The third-order valence-corrected chi connectivity index (χ3v) is 4.85. The van der Waals surface area contributed by atoms with Gasteiger partial charge in [-0.25, -0.2) is 4.98 Å². The smallest absolute Gasteiger partial charge is 0.261 e. The summed E-state index contributed by atoms with van der Waals surface area (Å²) in [5.74, 6) is 0.324. The Morgan fingerprint density at radius 3 is 2.42 bits per heavy atom. The molecule has 10 heteroatoms. The van der Waals surface area contributed by atoms with E-state index in [1.54, 1.807) is 62.0 Å². The standard InChI is InChI=1S/C26H23N7O3/c1-3-23(34)29-18-10-7-11-19(12-18)30-24-22(25(35)31-17-8-5-4-6-9-17)16-28-26(33-24)32-20-13-21(36-2)15-27-14-20/h3-16H,1H2,2H3,(H,29,34)(H,31,35)(H2,28,30,32,33). The number of amides is 2. The summed E-state index contributed by atoms with van der Waals surface area (Å²) in [5, 5.41) is 11.8. The van der Waals surface area contributed by atoms with Crippen LogP contribution < -0.4 is 26.0 Å². The van der Waals surface area contributed by atoms with E-state index < -0.39 is 5.91 Å². The maximum atomic E-state index is 13.1. The second kappa shape index (κ2) is 11.3. The van der Waals surface area contributed by atoms with Gasteiger partial charge in [-0.1, -0.05) is 30.8 Å². The number of hydrogen-bond acceptors (Lipinski definition) is 8. The van der Waals surface area contributed by atoms with Crippen molar-refractivity contribution in [3.63, 3.8) is 0 Å². The van der Waals surface area contributed by atoms with Crippen LogP contribution in [-0.4, -0.2) is 33.9 Å². The molecule has 2 aromatic carbocycles. The van der Waals surface area contributed by atoms with Gasteiger partial charge in [-0.15, -0.1) is 0 Å². The zero-order valence-corrected chi connectivity index (χ0v) is 19.4. The maximum absolute atomic E-state index is 13.1. The van der Waals surface area contributed by atoms with Crippen molar-refractivity contribution >= 4 is 46.3 Å². The topological polar surface area (TPSA) is 130 Å².